The Bertz CT molecular complexity index is 1590. The smallest absolute Gasteiger partial charge is 0.265 e. The molecule has 0 unspecified atom stereocenters. The number of nitrogens with zero attached hydrogens (tertiary/aromatic N) is 7. The zero-order valence-electron chi connectivity index (χ0n) is 23.6. The van der Waals surface area contributed by atoms with E-state index >= 15 is 0 Å². The number of benzene rings is 1. The van der Waals surface area contributed by atoms with Crippen molar-refractivity contribution in [2.45, 2.75) is 51.1 Å². The van der Waals surface area contributed by atoms with Crippen LogP contribution in [-0.4, -0.2) is 78.4 Å². The molecule has 216 valence electrons. The summed E-state index contributed by atoms with van der Waals surface area (Å²) in [7, 11) is 3.53. The first-order valence-corrected chi connectivity index (χ1v) is 14.2. The number of likely N-dealkylation sites (N-methyl/N-ethyl adjacent to an activating group) is 1. The van der Waals surface area contributed by atoms with E-state index in [1.165, 1.54) is 6.07 Å². The lowest BCUT2D eigenvalue weighted by molar-refractivity contribution is -0.135. The molecule has 1 fully saturated rings. The summed E-state index contributed by atoms with van der Waals surface area (Å²) < 4.78 is 32.5. The molecule has 3 aromatic heterocycles. The molecule has 1 atom stereocenters. The summed E-state index contributed by atoms with van der Waals surface area (Å²) in [6.07, 6.45) is 3.07. The molecule has 2 aliphatic rings. The molecular formula is C30H35F2N7O2. The van der Waals surface area contributed by atoms with E-state index in [1.54, 1.807) is 36.1 Å². The van der Waals surface area contributed by atoms with Crippen LogP contribution in [0.4, 0.5) is 8.78 Å². The highest BCUT2D eigenvalue weighted by Crippen LogP contribution is 2.41. The molecule has 5 heterocycles. The summed E-state index contributed by atoms with van der Waals surface area (Å²) in [6.45, 7) is 5.15. The fourth-order valence-corrected chi connectivity index (χ4v) is 6.37. The van der Waals surface area contributed by atoms with Crippen LogP contribution < -0.4 is 0 Å². The first-order chi connectivity index (χ1) is 19.8. The maximum absolute atomic E-state index is 14.4. The highest BCUT2D eigenvalue weighted by molar-refractivity contribution is 5.96. The average Bonchev–Trinajstić information content (AvgIpc) is 3.57. The molecule has 1 amide bonds. The molecule has 1 N–H and O–H groups in total. The number of hydrogen-bond donors (Lipinski definition) is 1. The van der Waals surface area contributed by atoms with Gasteiger partial charge in [-0.3, -0.25) is 9.48 Å². The Morgan fingerprint density at radius 1 is 1.12 bits per heavy atom. The van der Waals surface area contributed by atoms with E-state index < -0.39 is 12.5 Å². The Kier molecular flexibility index (Phi) is 7.33. The molecule has 0 aliphatic carbocycles. The van der Waals surface area contributed by atoms with Gasteiger partial charge in [0.1, 0.15) is 11.9 Å². The van der Waals surface area contributed by atoms with Crippen LogP contribution in [0.25, 0.3) is 33.4 Å². The molecule has 41 heavy (non-hydrogen) atoms. The van der Waals surface area contributed by atoms with Crippen molar-refractivity contribution >= 4 is 16.8 Å². The minimum absolute atomic E-state index is 0.0313. The van der Waals surface area contributed by atoms with Crippen LogP contribution >= 0.6 is 0 Å². The second kappa shape index (κ2) is 10.9. The van der Waals surface area contributed by atoms with Crippen LogP contribution in [-0.2, 0) is 18.4 Å². The van der Waals surface area contributed by atoms with Crippen molar-refractivity contribution < 1.29 is 18.7 Å². The van der Waals surface area contributed by atoms with Crippen LogP contribution in [0.15, 0.2) is 36.7 Å². The largest absolute Gasteiger partial charge is 0.396 e. The minimum Gasteiger partial charge on any atom is -0.396 e. The number of piperidine rings is 1. The van der Waals surface area contributed by atoms with Crippen molar-refractivity contribution in [3.05, 3.63) is 53.7 Å². The first kappa shape index (κ1) is 27.5. The van der Waals surface area contributed by atoms with Crippen LogP contribution in [0.1, 0.15) is 61.7 Å². The molecule has 2 aliphatic heterocycles. The van der Waals surface area contributed by atoms with Gasteiger partial charge in [0.2, 0.25) is 5.91 Å². The number of hydrogen-bond acceptors (Lipinski definition) is 6. The second-order valence-corrected chi connectivity index (χ2v) is 11.2. The minimum atomic E-state index is -2.72. The van der Waals surface area contributed by atoms with Crippen molar-refractivity contribution in [1.29, 1.82) is 0 Å². The fourth-order valence-electron chi connectivity index (χ4n) is 6.37. The van der Waals surface area contributed by atoms with E-state index in [0.717, 1.165) is 61.7 Å². The van der Waals surface area contributed by atoms with E-state index in [9.17, 15) is 18.7 Å². The van der Waals surface area contributed by atoms with Gasteiger partial charge >= 0.3 is 0 Å². The number of imidazole rings is 1. The molecule has 1 saturated heterocycles. The van der Waals surface area contributed by atoms with E-state index in [-0.39, 0.29) is 29.7 Å². The number of carbonyl (C=O) groups is 1. The maximum atomic E-state index is 14.4. The molecule has 1 aromatic carbocycles. The predicted molar refractivity (Wildman–Crippen MR) is 151 cm³/mol. The van der Waals surface area contributed by atoms with Gasteiger partial charge in [0, 0.05) is 61.4 Å². The third kappa shape index (κ3) is 4.91. The number of aromatic nitrogens is 5. The number of aliphatic hydroxyl groups excluding tert-OH is 1. The summed E-state index contributed by atoms with van der Waals surface area (Å²) in [5, 5.41) is 14.0. The maximum Gasteiger partial charge on any atom is 0.265 e. The Balaban J connectivity index is 1.48. The summed E-state index contributed by atoms with van der Waals surface area (Å²) in [6, 6.07) is 6.75. The topological polar surface area (TPSA) is 92.3 Å². The average molecular weight is 564 g/mol. The van der Waals surface area contributed by atoms with Gasteiger partial charge < -0.3 is 19.5 Å². The lowest BCUT2D eigenvalue weighted by Crippen LogP contribution is -2.40. The predicted octanol–water partition coefficient (Wildman–Crippen LogP) is 4.53. The molecule has 9 nitrogen and oxygen atoms in total. The fraction of sp³-hybridized carbons (Fsp3) is 0.467. The van der Waals surface area contributed by atoms with E-state index in [1.807, 2.05) is 25.1 Å². The summed E-state index contributed by atoms with van der Waals surface area (Å²) in [5.74, 6) is 1.09. The van der Waals surface area contributed by atoms with E-state index in [2.05, 4.69) is 14.6 Å². The van der Waals surface area contributed by atoms with E-state index in [4.69, 9.17) is 9.97 Å². The summed E-state index contributed by atoms with van der Waals surface area (Å²) >= 11 is 0. The normalized spacial score (nSPS) is 18.6. The Morgan fingerprint density at radius 2 is 1.90 bits per heavy atom. The van der Waals surface area contributed by atoms with Gasteiger partial charge in [-0.25, -0.2) is 18.7 Å². The number of pyridine rings is 1. The molecule has 11 heteroatoms. The quantitative estimate of drug-likeness (QED) is 0.355. The summed E-state index contributed by atoms with van der Waals surface area (Å²) in [5.41, 5.74) is 3.57. The standard InChI is InChI=1S/C30H35F2N7O2/c1-18-30(41)36(2)17-25-27(35-29(39(18)25)19-8-11-38(12-9-19)10-5-13-40)21-6-4-7-24-22(21)14-23(28(31)32)26(34-24)20-15-33-37(3)16-20/h4,6-7,14-16,18-19,28,40H,5,8-13,17H2,1-3H3/t18-/m0/s1. The third-order valence-corrected chi connectivity index (χ3v) is 8.49. The van der Waals surface area contributed by atoms with Crippen molar-refractivity contribution in [1.82, 2.24) is 34.1 Å². The molecule has 0 spiro atoms. The zero-order valence-corrected chi connectivity index (χ0v) is 23.6. The summed E-state index contributed by atoms with van der Waals surface area (Å²) in [4.78, 5) is 27.1. The van der Waals surface area contributed by atoms with Crippen LogP contribution in [0.2, 0.25) is 0 Å². The lowest BCUT2D eigenvalue weighted by atomic mass is 9.95. The molecular weight excluding hydrogens is 528 g/mol. The van der Waals surface area contributed by atoms with Crippen LogP contribution in [0.3, 0.4) is 0 Å². The molecule has 4 aromatic rings. The molecule has 0 saturated carbocycles. The number of alkyl halides is 2. The van der Waals surface area contributed by atoms with Gasteiger partial charge in [0.15, 0.2) is 0 Å². The monoisotopic (exact) mass is 563 g/mol. The third-order valence-electron chi connectivity index (χ3n) is 8.49. The van der Waals surface area contributed by atoms with Crippen molar-refractivity contribution in [2.24, 2.45) is 7.05 Å². The Morgan fingerprint density at radius 3 is 2.59 bits per heavy atom. The zero-order chi connectivity index (χ0) is 28.8. The van der Waals surface area contributed by atoms with E-state index in [0.29, 0.717) is 23.0 Å². The van der Waals surface area contributed by atoms with Crippen molar-refractivity contribution in [2.75, 3.05) is 33.3 Å². The van der Waals surface area contributed by atoms with Gasteiger partial charge in [-0.05, 0) is 51.4 Å². The van der Waals surface area contributed by atoms with Gasteiger partial charge in [-0.1, -0.05) is 12.1 Å². The molecule has 0 radical (unpaired) electrons. The number of aryl methyl sites for hydroxylation is 1. The van der Waals surface area contributed by atoms with Crippen LogP contribution in [0.5, 0.6) is 0 Å². The number of halogens is 2. The highest BCUT2D eigenvalue weighted by Gasteiger charge is 2.36. The number of carbonyl (C=O) groups excluding carboxylic acids is 1. The number of aliphatic hydroxyl groups is 1. The first-order valence-electron chi connectivity index (χ1n) is 14.2. The Hall–Kier alpha value is -3.70. The van der Waals surface area contributed by atoms with Gasteiger partial charge in [-0.2, -0.15) is 5.10 Å². The molecule has 0 bridgehead atoms. The number of likely N-dealkylation sites (tertiary alicyclic amines) is 1. The second-order valence-electron chi connectivity index (χ2n) is 11.2. The highest BCUT2D eigenvalue weighted by atomic mass is 19.3. The number of rotatable bonds is 7. The Labute approximate surface area is 237 Å². The molecule has 6 rings (SSSR count). The van der Waals surface area contributed by atoms with Gasteiger partial charge in [0.05, 0.1) is 35.3 Å². The van der Waals surface area contributed by atoms with Crippen molar-refractivity contribution in [3.8, 4) is 22.5 Å². The van der Waals surface area contributed by atoms with Gasteiger partial charge in [-0.15, -0.1) is 0 Å². The van der Waals surface area contributed by atoms with Gasteiger partial charge in [0.25, 0.3) is 6.43 Å². The lowest BCUT2D eigenvalue weighted by Gasteiger charge is -2.35. The van der Waals surface area contributed by atoms with Crippen LogP contribution in [0, 0.1) is 0 Å². The number of amides is 1. The SMILES string of the molecule is C[C@H]1C(=O)N(C)Cc2c(-c3cccc4nc(-c5cnn(C)c5)c(C(F)F)cc34)nc(C3CCN(CCCO)CC3)n21. The number of fused-ring (bicyclic) bond motifs is 2. The van der Waals surface area contributed by atoms with Crippen molar-refractivity contribution in [3.63, 3.8) is 0 Å².